The lowest BCUT2D eigenvalue weighted by atomic mass is 9.46. The van der Waals surface area contributed by atoms with Crippen LogP contribution >= 0.6 is 0 Å². The van der Waals surface area contributed by atoms with Crippen LogP contribution in [0.5, 0.6) is 0 Å². The third-order valence-corrected chi connectivity index (χ3v) is 11.7. The summed E-state index contributed by atoms with van der Waals surface area (Å²) in [5.74, 6) is 4.50. The average Bonchev–Trinajstić information content (AvgIpc) is 3.05. The van der Waals surface area contributed by atoms with Gasteiger partial charge < -0.3 is 10.2 Å². The van der Waals surface area contributed by atoms with E-state index in [0.29, 0.717) is 16.7 Å². The van der Waals surface area contributed by atoms with Crippen LogP contribution in [0.15, 0.2) is 11.6 Å². The molecule has 4 rings (SSSR count). The van der Waals surface area contributed by atoms with Crippen molar-refractivity contribution in [2.45, 2.75) is 130 Å². The van der Waals surface area contributed by atoms with Gasteiger partial charge in [-0.2, -0.15) is 0 Å². The Balaban J connectivity index is 1.44. The van der Waals surface area contributed by atoms with Gasteiger partial charge in [0.05, 0.1) is 11.2 Å². The van der Waals surface area contributed by atoms with E-state index in [1.165, 1.54) is 44.9 Å². The zero-order chi connectivity index (χ0) is 23.5. The van der Waals surface area contributed by atoms with Gasteiger partial charge in [-0.3, -0.25) is 0 Å². The minimum absolute atomic E-state index is 0.329. The molecule has 0 heterocycles. The number of hydrogen-bond acceptors (Lipinski definition) is 2. The maximum absolute atomic E-state index is 10.7. The van der Waals surface area contributed by atoms with Gasteiger partial charge >= 0.3 is 0 Å². The molecule has 4 aliphatic rings. The van der Waals surface area contributed by atoms with E-state index < -0.39 is 11.2 Å². The van der Waals surface area contributed by atoms with Crippen LogP contribution in [0, 0.1) is 46.3 Å². The summed E-state index contributed by atoms with van der Waals surface area (Å²) in [6.07, 6.45) is 15.8. The quantitative estimate of drug-likeness (QED) is 0.416. The monoisotopic (exact) mass is 444 g/mol. The fourth-order valence-electron chi connectivity index (χ4n) is 9.05. The standard InChI is InChI=1S/C30H52O2/c1-20(2)30(7,32)15-8-9-21(3)24-12-13-25-23-11-10-22-19-27(4,31)17-18-28(22,5)26(23)14-16-29(24,25)6/h10,20-21,23-26,31-32H,8-9,11-19H2,1-7H3/t21-,23+,24-,25+,26+,27+,28+,29-,30-/m1/s1. The molecule has 32 heavy (non-hydrogen) atoms. The molecule has 3 fully saturated rings. The predicted molar refractivity (Wildman–Crippen MR) is 134 cm³/mol. The fourth-order valence-corrected chi connectivity index (χ4v) is 9.05. The molecule has 3 saturated carbocycles. The van der Waals surface area contributed by atoms with Crippen molar-refractivity contribution in [1.29, 1.82) is 0 Å². The number of rotatable bonds is 6. The second-order valence-electron chi connectivity index (χ2n) is 14.0. The Morgan fingerprint density at radius 2 is 1.75 bits per heavy atom. The highest BCUT2D eigenvalue weighted by atomic mass is 16.3. The molecule has 0 amide bonds. The molecule has 0 saturated heterocycles. The molecular weight excluding hydrogens is 392 g/mol. The highest BCUT2D eigenvalue weighted by Crippen LogP contribution is 2.67. The van der Waals surface area contributed by atoms with Crippen LogP contribution in [0.25, 0.3) is 0 Å². The molecule has 9 atom stereocenters. The van der Waals surface area contributed by atoms with Gasteiger partial charge in [0.1, 0.15) is 0 Å². The molecule has 0 bridgehead atoms. The molecule has 0 aromatic rings. The number of allylic oxidation sites excluding steroid dienone is 1. The number of fused-ring (bicyclic) bond motifs is 5. The highest BCUT2D eigenvalue weighted by molar-refractivity contribution is 5.26. The summed E-state index contributed by atoms with van der Waals surface area (Å²) in [4.78, 5) is 0. The van der Waals surface area contributed by atoms with Gasteiger partial charge in [-0.1, -0.05) is 59.1 Å². The molecule has 2 heteroatoms. The first-order chi connectivity index (χ1) is 14.8. The molecule has 0 aromatic heterocycles. The molecule has 0 aliphatic heterocycles. The highest BCUT2D eigenvalue weighted by Gasteiger charge is 2.59. The Kier molecular flexibility index (Phi) is 6.50. The minimum atomic E-state index is -0.522. The third kappa shape index (κ3) is 4.15. The van der Waals surface area contributed by atoms with Gasteiger partial charge in [0, 0.05) is 0 Å². The summed E-state index contributed by atoms with van der Waals surface area (Å²) in [7, 11) is 0. The Morgan fingerprint density at radius 1 is 1.03 bits per heavy atom. The van der Waals surface area contributed by atoms with Crippen molar-refractivity contribution in [2.75, 3.05) is 0 Å². The van der Waals surface area contributed by atoms with Crippen molar-refractivity contribution >= 4 is 0 Å². The van der Waals surface area contributed by atoms with Gasteiger partial charge in [0.2, 0.25) is 0 Å². The average molecular weight is 445 g/mol. The summed E-state index contributed by atoms with van der Waals surface area (Å²) in [5, 5.41) is 21.4. The number of hydrogen-bond donors (Lipinski definition) is 2. The molecule has 0 aromatic carbocycles. The Bertz CT molecular complexity index is 718. The van der Waals surface area contributed by atoms with E-state index in [4.69, 9.17) is 0 Å². The van der Waals surface area contributed by atoms with E-state index in [9.17, 15) is 10.2 Å². The maximum Gasteiger partial charge on any atom is 0.0657 e. The van der Waals surface area contributed by atoms with Crippen LogP contribution in [-0.4, -0.2) is 21.4 Å². The summed E-state index contributed by atoms with van der Waals surface area (Å²) in [6, 6.07) is 0. The zero-order valence-electron chi connectivity index (χ0n) is 22.2. The normalized spacial score (nSPS) is 46.6. The molecule has 2 N–H and O–H groups in total. The lowest BCUT2D eigenvalue weighted by molar-refractivity contribution is -0.0709. The molecule has 4 aliphatic carbocycles. The van der Waals surface area contributed by atoms with Gasteiger partial charge in [-0.25, -0.2) is 0 Å². The van der Waals surface area contributed by atoms with Crippen LogP contribution in [0.3, 0.4) is 0 Å². The van der Waals surface area contributed by atoms with Crippen molar-refractivity contribution in [1.82, 2.24) is 0 Å². The van der Waals surface area contributed by atoms with E-state index in [-0.39, 0.29) is 0 Å². The second kappa shape index (κ2) is 8.40. The Morgan fingerprint density at radius 3 is 2.44 bits per heavy atom. The van der Waals surface area contributed by atoms with Crippen molar-refractivity contribution in [3.8, 4) is 0 Å². The first-order valence-electron chi connectivity index (χ1n) is 13.9. The van der Waals surface area contributed by atoms with Crippen LogP contribution in [0.4, 0.5) is 0 Å². The van der Waals surface area contributed by atoms with Crippen LogP contribution in [0.1, 0.15) is 119 Å². The van der Waals surface area contributed by atoms with Gasteiger partial charge in [0.25, 0.3) is 0 Å². The summed E-state index contributed by atoms with van der Waals surface area (Å²) >= 11 is 0. The smallest absolute Gasteiger partial charge is 0.0657 e. The summed E-state index contributed by atoms with van der Waals surface area (Å²) in [6.45, 7) is 16.1. The second-order valence-corrected chi connectivity index (χ2v) is 14.0. The molecule has 184 valence electrons. The molecule has 0 spiro atoms. The van der Waals surface area contributed by atoms with E-state index in [0.717, 1.165) is 55.3 Å². The topological polar surface area (TPSA) is 40.5 Å². The molecule has 2 nitrogen and oxygen atoms in total. The molecular formula is C30H52O2. The minimum Gasteiger partial charge on any atom is -0.390 e. The summed E-state index contributed by atoms with van der Waals surface area (Å²) < 4.78 is 0. The van der Waals surface area contributed by atoms with E-state index in [1.54, 1.807) is 5.57 Å². The fraction of sp³-hybridized carbons (Fsp3) is 0.933. The van der Waals surface area contributed by atoms with E-state index >= 15 is 0 Å². The molecule has 0 radical (unpaired) electrons. The first kappa shape index (κ1) is 24.8. The van der Waals surface area contributed by atoms with Gasteiger partial charge in [-0.05, 0) is 118 Å². The lowest BCUT2D eigenvalue weighted by Crippen LogP contribution is -2.52. The lowest BCUT2D eigenvalue weighted by Gasteiger charge is -2.59. The predicted octanol–water partition coefficient (Wildman–Crippen LogP) is 7.53. The van der Waals surface area contributed by atoms with Crippen molar-refractivity contribution in [3.05, 3.63) is 11.6 Å². The van der Waals surface area contributed by atoms with Crippen molar-refractivity contribution in [3.63, 3.8) is 0 Å². The van der Waals surface area contributed by atoms with Crippen molar-refractivity contribution in [2.24, 2.45) is 46.3 Å². The van der Waals surface area contributed by atoms with E-state index in [2.05, 4.69) is 40.7 Å². The SMILES string of the molecule is CC(C)[C@](C)(O)CCC[C@@H](C)[C@H]1CC[C@H]2[C@@H]3CC=C4C[C@@](C)(O)CC[C@]4(C)[C@H]3CC[C@]12C. The first-order valence-corrected chi connectivity index (χ1v) is 13.9. The Hall–Kier alpha value is -0.340. The molecule has 0 unspecified atom stereocenters. The zero-order valence-corrected chi connectivity index (χ0v) is 22.2. The Labute approximate surface area is 198 Å². The maximum atomic E-state index is 10.7. The van der Waals surface area contributed by atoms with Crippen LogP contribution < -0.4 is 0 Å². The number of aliphatic hydroxyl groups is 2. The van der Waals surface area contributed by atoms with Crippen LogP contribution in [0.2, 0.25) is 0 Å². The van der Waals surface area contributed by atoms with E-state index in [1.807, 2.05) is 13.8 Å². The largest absolute Gasteiger partial charge is 0.390 e. The third-order valence-electron chi connectivity index (χ3n) is 11.7. The van der Waals surface area contributed by atoms with Gasteiger partial charge in [0.15, 0.2) is 0 Å². The van der Waals surface area contributed by atoms with Crippen molar-refractivity contribution < 1.29 is 10.2 Å². The summed E-state index contributed by atoms with van der Waals surface area (Å²) in [5.41, 5.74) is 1.40. The van der Waals surface area contributed by atoms with Gasteiger partial charge in [-0.15, -0.1) is 0 Å². The van der Waals surface area contributed by atoms with Crippen LogP contribution in [-0.2, 0) is 0 Å².